The molecule has 3 nitrogen and oxygen atoms in total. The fourth-order valence-electron chi connectivity index (χ4n) is 3.01. The first-order chi connectivity index (χ1) is 9.36. The molecule has 2 atom stereocenters. The molecule has 1 saturated heterocycles. The zero-order valence-electron chi connectivity index (χ0n) is 11.2. The second kappa shape index (κ2) is 6.16. The molecule has 0 bridgehead atoms. The second-order valence-corrected chi connectivity index (χ2v) is 6.75. The Labute approximate surface area is 119 Å². The first kappa shape index (κ1) is 13.3. The molecule has 0 aromatic heterocycles. The van der Waals surface area contributed by atoms with Gasteiger partial charge >= 0.3 is 0 Å². The van der Waals surface area contributed by atoms with Gasteiger partial charge < -0.3 is 4.74 Å². The van der Waals surface area contributed by atoms with Gasteiger partial charge in [0, 0.05) is 17.7 Å². The van der Waals surface area contributed by atoms with Crippen LogP contribution in [-0.4, -0.2) is 23.7 Å². The van der Waals surface area contributed by atoms with Crippen LogP contribution in [0.4, 0.5) is 0 Å². The second-order valence-electron chi connectivity index (χ2n) is 5.40. The summed E-state index contributed by atoms with van der Waals surface area (Å²) < 4.78 is 5.55. The highest BCUT2D eigenvalue weighted by molar-refractivity contribution is 8.00. The van der Waals surface area contributed by atoms with Gasteiger partial charge in [0.05, 0.1) is 6.61 Å². The molecule has 2 unspecified atom stereocenters. The van der Waals surface area contributed by atoms with Crippen LogP contribution in [0, 0.1) is 0 Å². The number of rotatable bonds is 5. The Balaban J connectivity index is 1.58. The fourth-order valence-corrected chi connectivity index (χ4v) is 4.43. The lowest BCUT2D eigenvalue weighted by molar-refractivity contribution is 0.357. The molecule has 2 aliphatic rings. The number of hydrogen-bond donors (Lipinski definition) is 2. The van der Waals surface area contributed by atoms with Crippen molar-refractivity contribution in [1.29, 1.82) is 0 Å². The van der Waals surface area contributed by atoms with Crippen LogP contribution in [0.1, 0.15) is 30.4 Å². The Morgan fingerprint density at radius 1 is 1.47 bits per heavy atom. The van der Waals surface area contributed by atoms with Gasteiger partial charge in [-0.1, -0.05) is 12.1 Å². The van der Waals surface area contributed by atoms with E-state index in [0.717, 1.165) is 31.6 Å². The van der Waals surface area contributed by atoms with Crippen LogP contribution in [0.15, 0.2) is 18.2 Å². The van der Waals surface area contributed by atoms with E-state index >= 15 is 0 Å². The van der Waals surface area contributed by atoms with E-state index in [0.29, 0.717) is 11.3 Å². The van der Waals surface area contributed by atoms with Crippen LogP contribution in [0.5, 0.6) is 5.75 Å². The van der Waals surface area contributed by atoms with Crippen molar-refractivity contribution < 1.29 is 4.74 Å². The molecule has 3 rings (SSSR count). The van der Waals surface area contributed by atoms with Gasteiger partial charge in [-0.2, -0.15) is 11.8 Å². The molecule has 1 aromatic rings. The molecule has 1 aromatic carbocycles. The third-order valence-electron chi connectivity index (χ3n) is 4.13. The maximum absolute atomic E-state index is 5.72. The number of aryl methyl sites for hydroxylation is 1. The molecule has 3 N–H and O–H groups in total. The summed E-state index contributed by atoms with van der Waals surface area (Å²) in [5, 5.41) is 0.697. The van der Waals surface area contributed by atoms with Gasteiger partial charge in [0.25, 0.3) is 0 Å². The van der Waals surface area contributed by atoms with E-state index < -0.39 is 0 Å². The third kappa shape index (κ3) is 3.07. The number of fused-ring (bicyclic) bond motifs is 1. The summed E-state index contributed by atoms with van der Waals surface area (Å²) >= 11 is 2.07. The van der Waals surface area contributed by atoms with E-state index in [2.05, 4.69) is 35.4 Å². The zero-order valence-corrected chi connectivity index (χ0v) is 12.0. The fraction of sp³-hybridized carbons (Fsp3) is 0.600. The number of hydrogen-bond acceptors (Lipinski definition) is 4. The molecular weight excluding hydrogens is 256 g/mol. The highest BCUT2D eigenvalue weighted by atomic mass is 32.2. The zero-order chi connectivity index (χ0) is 13.1. The summed E-state index contributed by atoms with van der Waals surface area (Å²) in [5.41, 5.74) is 5.80. The highest BCUT2D eigenvalue weighted by Gasteiger charge is 2.24. The summed E-state index contributed by atoms with van der Waals surface area (Å²) in [6.07, 6.45) is 5.91. The van der Waals surface area contributed by atoms with E-state index in [1.807, 2.05) is 0 Å². The predicted octanol–water partition coefficient (Wildman–Crippen LogP) is 2.28. The molecule has 0 radical (unpaired) electrons. The van der Waals surface area contributed by atoms with Gasteiger partial charge in [-0.25, -0.2) is 0 Å². The summed E-state index contributed by atoms with van der Waals surface area (Å²) in [6, 6.07) is 7.06. The van der Waals surface area contributed by atoms with Gasteiger partial charge in [0.2, 0.25) is 0 Å². The lowest BCUT2D eigenvalue weighted by atomic mass is 9.99. The molecule has 4 heteroatoms. The van der Waals surface area contributed by atoms with Crippen LogP contribution in [0.25, 0.3) is 0 Å². The Kier molecular flexibility index (Phi) is 4.31. The van der Waals surface area contributed by atoms with Crippen molar-refractivity contribution in [3.63, 3.8) is 0 Å². The highest BCUT2D eigenvalue weighted by Crippen LogP contribution is 2.31. The summed E-state index contributed by atoms with van der Waals surface area (Å²) in [5.74, 6) is 8.09. The third-order valence-corrected chi connectivity index (χ3v) is 5.64. The Morgan fingerprint density at radius 2 is 2.42 bits per heavy atom. The normalized spacial score (nSPS) is 23.1. The van der Waals surface area contributed by atoms with Crippen molar-refractivity contribution in [3.8, 4) is 5.75 Å². The minimum atomic E-state index is 0.442. The number of hydrazine groups is 1. The molecule has 1 fully saturated rings. The average molecular weight is 278 g/mol. The predicted molar refractivity (Wildman–Crippen MR) is 80.6 cm³/mol. The van der Waals surface area contributed by atoms with Crippen LogP contribution < -0.4 is 16.0 Å². The van der Waals surface area contributed by atoms with Crippen LogP contribution in [-0.2, 0) is 12.8 Å². The summed E-state index contributed by atoms with van der Waals surface area (Å²) in [6.45, 7) is 0.838. The number of nitrogens with one attached hydrogen (secondary N) is 1. The van der Waals surface area contributed by atoms with Gasteiger partial charge in [-0.3, -0.25) is 11.3 Å². The molecule has 104 valence electrons. The lowest BCUT2D eigenvalue weighted by Crippen LogP contribution is -2.42. The first-order valence-corrected chi connectivity index (χ1v) is 8.24. The monoisotopic (exact) mass is 278 g/mol. The van der Waals surface area contributed by atoms with E-state index in [-0.39, 0.29) is 0 Å². The van der Waals surface area contributed by atoms with E-state index in [9.17, 15) is 0 Å². The maximum Gasteiger partial charge on any atom is 0.122 e. The number of ether oxygens (including phenoxy) is 1. The lowest BCUT2D eigenvalue weighted by Gasteiger charge is -2.21. The van der Waals surface area contributed by atoms with E-state index in [1.54, 1.807) is 0 Å². The van der Waals surface area contributed by atoms with Gasteiger partial charge in [0.15, 0.2) is 0 Å². The Hall–Kier alpha value is -0.710. The Bertz CT molecular complexity index is 432. The standard InChI is InChI=1S/C15H22N2OS/c16-17-13(15-2-1-9-19-15)5-3-11-4-6-14-12(10-11)7-8-18-14/h4,6,10,13,15,17H,1-3,5,7-9,16H2. The summed E-state index contributed by atoms with van der Waals surface area (Å²) in [7, 11) is 0. The van der Waals surface area contributed by atoms with Crippen molar-refractivity contribution in [2.45, 2.75) is 43.4 Å². The van der Waals surface area contributed by atoms with E-state index in [4.69, 9.17) is 10.6 Å². The smallest absolute Gasteiger partial charge is 0.122 e. The van der Waals surface area contributed by atoms with Crippen molar-refractivity contribution >= 4 is 11.8 Å². The average Bonchev–Trinajstić information content (AvgIpc) is 3.10. The molecule has 0 saturated carbocycles. The molecule has 2 aliphatic heterocycles. The topological polar surface area (TPSA) is 47.3 Å². The van der Waals surface area contributed by atoms with Gasteiger partial charge in [-0.15, -0.1) is 0 Å². The van der Waals surface area contributed by atoms with Crippen molar-refractivity contribution in [3.05, 3.63) is 29.3 Å². The minimum absolute atomic E-state index is 0.442. The molecule has 2 heterocycles. The van der Waals surface area contributed by atoms with Crippen molar-refractivity contribution in [2.75, 3.05) is 12.4 Å². The number of thioether (sulfide) groups is 1. The van der Waals surface area contributed by atoms with Crippen LogP contribution >= 0.6 is 11.8 Å². The number of benzene rings is 1. The summed E-state index contributed by atoms with van der Waals surface area (Å²) in [4.78, 5) is 0. The molecule has 0 aliphatic carbocycles. The number of nitrogens with two attached hydrogens (primary N) is 1. The molecular formula is C15H22N2OS. The van der Waals surface area contributed by atoms with Crippen LogP contribution in [0.2, 0.25) is 0 Å². The SMILES string of the molecule is NNC(CCc1ccc2c(c1)CCO2)C1CCCS1. The van der Waals surface area contributed by atoms with Gasteiger partial charge in [-0.05, 0) is 48.6 Å². The quantitative estimate of drug-likeness (QED) is 0.641. The first-order valence-electron chi connectivity index (χ1n) is 7.19. The van der Waals surface area contributed by atoms with Crippen molar-refractivity contribution in [2.24, 2.45) is 5.84 Å². The largest absolute Gasteiger partial charge is 0.493 e. The Morgan fingerprint density at radius 3 is 3.21 bits per heavy atom. The van der Waals surface area contributed by atoms with Crippen LogP contribution in [0.3, 0.4) is 0 Å². The maximum atomic E-state index is 5.72. The van der Waals surface area contributed by atoms with E-state index in [1.165, 1.54) is 29.7 Å². The minimum Gasteiger partial charge on any atom is -0.493 e. The molecule has 19 heavy (non-hydrogen) atoms. The van der Waals surface area contributed by atoms with Gasteiger partial charge in [0.1, 0.15) is 5.75 Å². The van der Waals surface area contributed by atoms with Crippen molar-refractivity contribution in [1.82, 2.24) is 5.43 Å². The molecule has 0 amide bonds. The molecule has 0 spiro atoms.